The van der Waals surface area contributed by atoms with Crippen molar-refractivity contribution in [2.75, 3.05) is 19.6 Å². The molecule has 0 aliphatic carbocycles. The normalized spacial score (nSPS) is 15.1. The predicted molar refractivity (Wildman–Crippen MR) is 158 cm³/mol. The van der Waals surface area contributed by atoms with Crippen molar-refractivity contribution in [3.8, 4) is 22.0 Å². The number of likely N-dealkylation sites (tertiary alicyclic amines) is 1. The van der Waals surface area contributed by atoms with Crippen molar-refractivity contribution in [2.24, 2.45) is 0 Å². The van der Waals surface area contributed by atoms with Gasteiger partial charge in [0.15, 0.2) is 11.0 Å². The largest absolute Gasteiger partial charge is 0.337 e. The molecule has 1 aromatic carbocycles. The summed E-state index contributed by atoms with van der Waals surface area (Å²) in [6.07, 6.45) is 12.8. The van der Waals surface area contributed by atoms with Gasteiger partial charge in [-0.05, 0) is 99.3 Å². The van der Waals surface area contributed by atoms with Crippen molar-refractivity contribution in [3.05, 3.63) is 81.7 Å². The van der Waals surface area contributed by atoms with Gasteiger partial charge in [0, 0.05) is 28.1 Å². The number of aromatic amines is 2. The van der Waals surface area contributed by atoms with E-state index in [-0.39, 0.29) is 5.13 Å². The molecule has 8 heteroatoms. The fraction of sp³-hybridized carbons (Fsp3) is 0.258. The molecule has 0 saturated carbocycles. The number of hydrogen-bond donors (Lipinski definition) is 2. The number of fused-ring (bicyclic) bond motifs is 1. The standard InChI is InChI=1S/C31H31FN6S/c1-20(23-17-22(18-33-19-23)7-6-16-38-14-3-4-15-38)10-11-25-21(2)29(37-36-25)31-34-26-9-5-8-24(30(26)35-31)27-12-13-28(32)39-27/h5,8-13,17-19,36H,2-4,6-7,14-16H2,1H3,(H,34,35)/b20-10+,25-11+. The van der Waals surface area contributed by atoms with E-state index in [0.29, 0.717) is 11.5 Å². The topological polar surface area (TPSA) is 73.5 Å². The zero-order valence-corrected chi connectivity index (χ0v) is 22.8. The van der Waals surface area contributed by atoms with E-state index in [9.17, 15) is 4.39 Å². The van der Waals surface area contributed by atoms with E-state index >= 15 is 0 Å². The molecule has 1 aliphatic heterocycles. The van der Waals surface area contributed by atoms with Gasteiger partial charge in [-0.25, -0.2) is 4.98 Å². The molecular weight excluding hydrogens is 507 g/mol. The van der Waals surface area contributed by atoms with Crippen LogP contribution >= 0.6 is 11.3 Å². The van der Waals surface area contributed by atoms with Gasteiger partial charge in [0.05, 0.1) is 16.4 Å². The highest BCUT2D eigenvalue weighted by Gasteiger charge is 2.14. The number of pyridine rings is 1. The number of thiophene rings is 1. The summed E-state index contributed by atoms with van der Waals surface area (Å²) in [7, 11) is 0. The van der Waals surface area contributed by atoms with E-state index in [0.717, 1.165) is 67.4 Å². The number of aromatic nitrogens is 5. The van der Waals surface area contributed by atoms with E-state index in [1.54, 1.807) is 6.07 Å². The number of nitrogens with zero attached hydrogens (tertiary/aromatic N) is 4. The minimum atomic E-state index is -0.214. The molecule has 198 valence electrons. The summed E-state index contributed by atoms with van der Waals surface area (Å²) in [6, 6.07) is 11.4. The van der Waals surface area contributed by atoms with Crippen LogP contribution in [0.5, 0.6) is 0 Å². The second-order valence-corrected chi connectivity index (χ2v) is 11.1. The lowest BCUT2D eigenvalue weighted by atomic mass is 10.0. The minimum Gasteiger partial charge on any atom is -0.337 e. The maximum absolute atomic E-state index is 13.7. The average Bonchev–Trinajstić information content (AvgIpc) is 3.75. The number of benzene rings is 1. The summed E-state index contributed by atoms with van der Waals surface area (Å²) >= 11 is 1.11. The van der Waals surface area contributed by atoms with Crippen LogP contribution in [-0.4, -0.2) is 49.7 Å². The number of hydrogen-bond acceptors (Lipinski definition) is 5. The first-order chi connectivity index (χ1) is 19.0. The summed E-state index contributed by atoms with van der Waals surface area (Å²) in [5.74, 6) is 0.627. The first-order valence-corrected chi connectivity index (χ1v) is 14.2. The van der Waals surface area contributed by atoms with Gasteiger partial charge in [0.25, 0.3) is 0 Å². The van der Waals surface area contributed by atoms with Crippen LogP contribution in [0.3, 0.4) is 0 Å². The van der Waals surface area contributed by atoms with Crippen molar-refractivity contribution < 1.29 is 4.39 Å². The SMILES string of the molecule is C=c1c(-c2nc3c(-c4ccc(F)s4)cccc3[nH]2)n[nH]/c1=C/C=C(\C)c1cncc(CCCN2CCCC2)c1. The van der Waals surface area contributed by atoms with E-state index in [2.05, 4.69) is 50.7 Å². The maximum atomic E-state index is 13.7. The fourth-order valence-electron chi connectivity index (χ4n) is 5.17. The Kier molecular flexibility index (Phi) is 7.22. The van der Waals surface area contributed by atoms with E-state index < -0.39 is 0 Å². The molecule has 1 fully saturated rings. The number of para-hydroxylation sites is 1. The molecule has 0 radical (unpaired) electrons. The molecule has 6 nitrogen and oxygen atoms in total. The quantitative estimate of drug-likeness (QED) is 0.272. The van der Waals surface area contributed by atoms with Gasteiger partial charge in [-0.1, -0.05) is 24.8 Å². The fourth-order valence-corrected chi connectivity index (χ4v) is 5.93. The zero-order valence-electron chi connectivity index (χ0n) is 22.0. The number of H-pyrrole nitrogens is 2. The van der Waals surface area contributed by atoms with Crippen LogP contribution < -0.4 is 10.6 Å². The molecule has 0 spiro atoms. The molecule has 1 aliphatic rings. The Balaban J connectivity index is 1.22. The second-order valence-electron chi connectivity index (χ2n) is 10.1. The molecule has 0 amide bonds. The third-order valence-electron chi connectivity index (χ3n) is 7.36. The molecule has 5 aromatic rings. The molecule has 6 rings (SSSR count). The van der Waals surface area contributed by atoms with Crippen molar-refractivity contribution in [1.82, 2.24) is 30.0 Å². The van der Waals surface area contributed by atoms with E-state index in [4.69, 9.17) is 4.98 Å². The molecule has 1 saturated heterocycles. The van der Waals surface area contributed by atoms with Crippen LogP contribution in [0.2, 0.25) is 0 Å². The van der Waals surface area contributed by atoms with E-state index in [1.165, 1.54) is 44.1 Å². The average molecular weight is 539 g/mol. The highest BCUT2D eigenvalue weighted by Crippen LogP contribution is 2.33. The summed E-state index contributed by atoms with van der Waals surface area (Å²) in [4.78, 5) is 16.0. The monoisotopic (exact) mass is 538 g/mol. The molecule has 39 heavy (non-hydrogen) atoms. The molecule has 5 heterocycles. The Morgan fingerprint density at radius 3 is 2.87 bits per heavy atom. The number of nitrogens with one attached hydrogen (secondary N) is 2. The van der Waals surface area contributed by atoms with Crippen LogP contribution in [0, 0.1) is 5.13 Å². The van der Waals surface area contributed by atoms with Gasteiger partial charge in [0.2, 0.25) is 0 Å². The Morgan fingerprint density at radius 2 is 2.05 bits per heavy atom. The number of allylic oxidation sites excluding steroid dienone is 2. The Bertz CT molecular complexity index is 1760. The van der Waals surface area contributed by atoms with E-state index in [1.807, 2.05) is 36.7 Å². The van der Waals surface area contributed by atoms with Crippen LogP contribution in [0.1, 0.15) is 37.3 Å². The maximum Gasteiger partial charge on any atom is 0.176 e. The second kappa shape index (κ2) is 11.1. The smallest absolute Gasteiger partial charge is 0.176 e. The summed E-state index contributed by atoms with van der Waals surface area (Å²) in [5, 5.41) is 8.97. The Labute approximate surface area is 230 Å². The number of aryl methyl sites for hydroxylation is 1. The molecule has 2 N–H and O–H groups in total. The van der Waals surface area contributed by atoms with Gasteiger partial charge in [-0.2, -0.15) is 9.49 Å². The highest BCUT2D eigenvalue weighted by atomic mass is 32.1. The van der Waals surface area contributed by atoms with Crippen LogP contribution in [0.15, 0.2) is 54.9 Å². The van der Waals surface area contributed by atoms with Gasteiger partial charge >= 0.3 is 0 Å². The predicted octanol–water partition coefficient (Wildman–Crippen LogP) is 5.54. The third-order valence-corrected chi connectivity index (χ3v) is 8.27. The van der Waals surface area contributed by atoms with Crippen LogP contribution in [0.25, 0.3) is 51.2 Å². The molecular formula is C31H31FN6S. The first kappa shape index (κ1) is 25.4. The molecule has 4 aromatic heterocycles. The lowest BCUT2D eigenvalue weighted by Gasteiger charge is -2.14. The Hall–Kier alpha value is -3.88. The highest BCUT2D eigenvalue weighted by molar-refractivity contribution is 7.14. The van der Waals surface area contributed by atoms with Gasteiger partial charge < -0.3 is 9.88 Å². The van der Waals surface area contributed by atoms with Crippen LogP contribution in [-0.2, 0) is 6.42 Å². The third kappa shape index (κ3) is 5.48. The van der Waals surface area contributed by atoms with Gasteiger partial charge in [0.1, 0.15) is 5.69 Å². The molecule has 0 atom stereocenters. The zero-order chi connectivity index (χ0) is 26.8. The number of rotatable bonds is 8. The first-order valence-electron chi connectivity index (χ1n) is 13.4. The van der Waals surface area contributed by atoms with Crippen molar-refractivity contribution in [2.45, 2.75) is 32.6 Å². The van der Waals surface area contributed by atoms with Gasteiger partial charge in [-0.15, -0.1) is 11.3 Å². The number of imidazole rings is 1. The summed E-state index contributed by atoms with van der Waals surface area (Å²) in [6.45, 7) is 10.0. The summed E-state index contributed by atoms with van der Waals surface area (Å²) < 4.78 is 13.7. The molecule has 0 unspecified atom stereocenters. The number of halogens is 1. The lowest BCUT2D eigenvalue weighted by molar-refractivity contribution is 0.334. The summed E-state index contributed by atoms with van der Waals surface area (Å²) in [5.41, 5.74) is 6.71. The molecule has 0 bridgehead atoms. The lowest BCUT2D eigenvalue weighted by Crippen LogP contribution is -2.21. The van der Waals surface area contributed by atoms with Crippen molar-refractivity contribution in [1.29, 1.82) is 0 Å². The van der Waals surface area contributed by atoms with Crippen molar-refractivity contribution in [3.63, 3.8) is 0 Å². The Morgan fingerprint density at radius 1 is 1.18 bits per heavy atom. The van der Waals surface area contributed by atoms with Crippen LogP contribution in [0.4, 0.5) is 4.39 Å². The van der Waals surface area contributed by atoms with Gasteiger partial charge in [-0.3, -0.25) is 10.1 Å². The minimum absolute atomic E-state index is 0.214. The van der Waals surface area contributed by atoms with Crippen molar-refractivity contribution >= 4 is 40.6 Å².